The number of rotatable bonds is 8. The lowest BCUT2D eigenvalue weighted by molar-refractivity contribution is -0.134. The highest BCUT2D eigenvalue weighted by Gasteiger charge is 2.26. The van der Waals surface area contributed by atoms with Crippen LogP contribution in [0.25, 0.3) is 10.9 Å². The van der Waals surface area contributed by atoms with E-state index in [2.05, 4.69) is 15.6 Å². The van der Waals surface area contributed by atoms with Gasteiger partial charge >= 0.3 is 0 Å². The molecule has 4 aromatic rings. The molecule has 4 N–H and O–H groups in total. The number of hydrogen-bond donors (Lipinski definition) is 4. The van der Waals surface area contributed by atoms with Gasteiger partial charge in [-0.2, -0.15) is 0 Å². The highest BCUT2D eigenvalue weighted by Crippen LogP contribution is 2.20. The second-order valence-electron chi connectivity index (χ2n) is 7.64. The highest BCUT2D eigenvalue weighted by atomic mass is 16.3. The number of aliphatic hydroxyl groups is 1. The Hall–Kier alpha value is -3.90. The Bertz CT molecular complexity index is 1190. The average molecular weight is 428 g/mol. The summed E-state index contributed by atoms with van der Waals surface area (Å²) in [4.78, 5) is 29.0. The molecule has 0 fully saturated rings. The summed E-state index contributed by atoms with van der Waals surface area (Å²) < 4.78 is 0. The normalized spacial score (nSPS) is 12.8. The van der Waals surface area contributed by atoms with Gasteiger partial charge < -0.3 is 20.7 Å². The number of carbonyl (C=O) groups excluding carboxylic acids is 2. The van der Waals surface area contributed by atoms with Gasteiger partial charge in [0.1, 0.15) is 6.04 Å². The van der Waals surface area contributed by atoms with Crippen LogP contribution in [0.1, 0.15) is 22.8 Å². The predicted octanol–water partition coefficient (Wildman–Crippen LogP) is 3.25. The number of aromatic nitrogens is 1. The molecule has 0 aliphatic rings. The summed E-state index contributed by atoms with van der Waals surface area (Å²) >= 11 is 0. The number of amides is 2. The fourth-order valence-corrected chi connectivity index (χ4v) is 3.68. The van der Waals surface area contributed by atoms with Gasteiger partial charge in [0.2, 0.25) is 5.91 Å². The van der Waals surface area contributed by atoms with Crippen LogP contribution >= 0.6 is 0 Å². The van der Waals surface area contributed by atoms with E-state index in [1.54, 1.807) is 24.3 Å². The molecule has 2 unspecified atom stereocenters. The molecular weight excluding hydrogens is 402 g/mol. The summed E-state index contributed by atoms with van der Waals surface area (Å²) in [6.07, 6.45) is 0.781. The fraction of sp³-hybridized carbons (Fsp3) is 0.154. The van der Waals surface area contributed by atoms with Crippen molar-refractivity contribution in [2.75, 3.05) is 0 Å². The molecule has 0 aliphatic carbocycles. The monoisotopic (exact) mass is 427 g/mol. The minimum absolute atomic E-state index is 0.290. The van der Waals surface area contributed by atoms with Crippen molar-refractivity contribution >= 4 is 22.7 Å². The zero-order valence-corrected chi connectivity index (χ0v) is 17.5. The molecule has 0 aliphatic heterocycles. The van der Waals surface area contributed by atoms with Crippen LogP contribution in [0.5, 0.6) is 0 Å². The average Bonchev–Trinajstić information content (AvgIpc) is 3.25. The van der Waals surface area contributed by atoms with E-state index >= 15 is 0 Å². The third-order valence-electron chi connectivity index (χ3n) is 5.41. The number of H-pyrrole nitrogens is 1. The number of para-hydroxylation sites is 1. The molecule has 6 heteroatoms. The van der Waals surface area contributed by atoms with E-state index in [0.29, 0.717) is 12.1 Å². The Kier molecular flexibility index (Phi) is 6.63. The second kappa shape index (κ2) is 9.94. The second-order valence-corrected chi connectivity index (χ2v) is 7.64. The van der Waals surface area contributed by atoms with E-state index in [0.717, 1.165) is 22.0 Å². The molecule has 1 heterocycles. The van der Waals surface area contributed by atoms with E-state index in [9.17, 15) is 14.7 Å². The van der Waals surface area contributed by atoms with Crippen molar-refractivity contribution in [3.05, 3.63) is 108 Å². The van der Waals surface area contributed by atoms with E-state index in [1.165, 1.54) is 0 Å². The minimum Gasteiger partial charge on any atom is -0.378 e. The standard InChI is InChI=1S/C26H25N3O3/c30-24(19-11-5-2-6-12-19)26(32)29-23(25(31)28-16-18-9-3-1-4-10-18)15-20-17-27-22-14-8-7-13-21(20)22/h1-14,17,23-24,27,30H,15-16H2,(H,28,31)(H,29,32). The third kappa shape index (κ3) is 5.04. The summed E-state index contributed by atoms with van der Waals surface area (Å²) in [6, 6.07) is 25.2. The molecule has 4 rings (SSSR count). The molecule has 2 amide bonds. The number of fused-ring (bicyclic) bond motifs is 1. The van der Waals surface area contributed by atoms with Crippen LogP contribution in [0.2, 0.25) is 0 Å². The molecular formula is C26H25N3O3. The SMILES string of the molecule is O=C(NCc1ccccc1)C(Cc1c[nH]c2ccccc12)NC(=O)C(O)c1ccccc1. The lowest BCUT2D eigenvalue weighted by Gasteiger charge is -2.20. The van der Waals surface area contributed by atoms with Crippen molar-refractivity contribution in [1.82, 2.24) is 15.6 Å². The molecule has 32 heavy (non-hydrogen) atoms. The lowest BCUT2D eigenvalue weighted by Crippen LogP contribution is -2.49. The lowest BCUT2D eigenvalue weighted by atomic mass is 10.0. The maximum Gasteiger partial charge on any atom is 0.254 e. The molecule has 1 aromatic heterocycles. The Labute approximate surface area is 186 Å². The van der Waals surface area contributed by atoms with Crippen LogP contribution in [0, 0.1) is 0 Å². The van der Waals surface area contributed by atoms with E-state index in [1.807, 2.05) is 66.9 Å². The molecule has 3 aromatic carbocycles. The summed E-state index contributed by atoms with van der Waals surface area (Å²) in [6.45, 7) is 0.348. The summed E-state index contributed by atoms with van der Waals surface area (Å²) in [5.41, 5.74) is 3.31. The minimum atomic E-state index is -1.36. The van der Waals surface area contributed by atoms with Gasteiger partial charge in [0, 0.05) is 30.1 Å². The van der Waals surface area contributed by atoms with Crippen LogP contribution in [0.15, 0.2) is 91.1 Å². The van der Waals surface area contributed by atoms with Gasteiger partial charge in [0.05, 0.1) is 0 Å². The fourth-order valence-electron chi connectivity index (χ4n) is 3.68. The zero-order valence-electron chi connectivity index (χ0n) is 17.5. The molecule has 162 valence electrons. The van der Waals surface area contributed by atoms with Crippen molar-refractivity contribution < 1.29 is 14.7 Å². The number of aromatic amines is 1. The van der Waals surface area contributed by atoms with Crippen LogP contribution in [-0.2, 0) is 22.6 Å². The van der Waals surface area contributed by atoms with Gasteiger partial charge in [-0.1, -0.05) is 78.9 Å². The Balaban J connectivity index is 1.52. The van der Waals surface area contributed by atoms with Crippen LogP contribution in [0.3, 0.4) is 0 Å². The predicted molar refractivity (Wildman–Crippen MR) is 124 cm³/mol. The van der Waals surface area contributed by atoms with Crippen molar-refractivity contribution in [3.63, 3.8) is 0 Å². The topological polar surface area (TPSA) is 94.2 Å². The number of carbonyl (C=O) groups is 2. The molecule has 6 nitrogen and oxygen atoms in total. The number of nitrogens with one attached hydrogen (secondary N) is 3. The van der Waals surface area contributed by atoms with Crippen LogP contribution in [-0.4, -0.2) is 27.9 Å². The Morgan fingerprint density at radius 1 is 0.844 bits per heavy atom. The highest BCUT2D eigenvalue weighted by molar-refractivity contribution is 5.91. The van der Waals surface area contributed by atoms with Gasteiger partial charge in [0.25, 0.3) is 5.91 Å². The van der Waals surface area contributed by atoms with E-state index in [4.69, 9.17) is 0 Å². The molecule has 0 saturated heterocycles. The Morgan fingerprint density at radius 3 is 2.25 bits per heavy atom. The first-order valence-corrected chi connectivity index (χ1v) is 10.5. The summed E-state index contributed by atoms with van der Waals surface area (Å²) in [5, 5.41) is 17.1. The maximum atomic E-state index is 13.1. The van der Waals surface area contributed by atoms with Crippen LogP contribution in [0.4, 0.5) is 0 Å². The van der Waals surface area contributed by atoms with Gasteiger partial charge in [-0.25, -0.2) is 0 Å². The largest absolute Gasteiger partial charge is 0.378 e. The van der Waals surface area contributed by atoms with Gasteiger partial charge in [-0.15, -0.1) is 0 Å². The molecule has 0 radical (unpaired) electrons. The van der Waals surface area contributed by atoms with Crippen molar-refractivity contribution in [2.45, 2.75) is 25.1 Å². The van der Waals surface area contributed by atoms with Gasteiger partial charge in [0.15, 0.2) is 6.10 Å². The van der Waals surface area contributed by atoms with Gasteiger partial charge in [-0.05, 0) is 22.8 Å². The summed E-state index contributed by atoms with van der Waals surface area (Å²) in [5.74, 6) is -0.927. The van der Waals surface area contributed by atoms with Crippen LogP contribution < -0.4 is 10.6 Å². The summed E-state index contributed by atoms with van der Waals surface area (Å²) in [7, 11) is 0. The molecule has 0 bridgehead atoms. The molecule has 0 spiro atoms. The third-order valence-corrected chi connectivity index (χ3v) is 5.41. The molecule has 2 atom stereocenters. The van der Waals surface area contributed by atoms with E-state index in [-0.39, 0.29) is 12.3 Å². The first-order valence-electron chi connectivity index (χ1n) is 10.5. The van der Waals surface area contributed by atoms with Crippen molar-refractivity contribution in [3.8, 4) is 0 Å². The number of aliphatic hydroxyl groups excluding tert-OH is 1. The van der Waals surface area contributed by atoms with E-state index < -0.39 is 18.1 Å². The number of benzene rings is 3. The Morgan fingerprint density at radius 2 is 1.50 bits per heavy atom. The van der Waals surface area contributed by atoms with Gasteiger partial charge in [-0.3, -0.25) is 9.59 Å². The quantitative estimate of drug-likeness (QED) is 0.348. The first-order chi connectivity index (χ1) is 15.6. The smallest absolute Gasteiger partial charge is 0.254 e. The zero-order chi connectivity index (χ0) is 22.3. The number of hydrogen-bond acceptors (Lipinski definition) is 3. The van der Waals surface area contributed by atoms with Crippen molar-refractivity contribution in [2.24, 2.45) is 0 Å². The first kappa shape index (κ1) is 21.3. The maximum absolute atomic E-state index is 13.1. The molecule has 0 saturated carbocycles. The van der Waals surface area contributed by atoms with Crippen molar-refractivity contribution in [1.29, 1.82) is 0 Å².